The maximum atomic E-state index is 13.3. The zero-order valence-electron chi connectivity index (χ0n) is 16.0. The molecule has 2 aromatic carbocycles. The van der Waals surface area contributed by atoms with Crippen LogP contribution in [0.25, 0.3) is 0 Å². The predicted molar refractivity (Wildman–Crippen MR) is 112 cm³/mol. The van der Waals surface area contributed by atoms with E-state index in [1.165, 1.54) is 0 Å². The molecule has 1 saturated heterocycles. The SMILES string of the molecule is CCN(CC)C(=O)C(c1ccccc1)N1CCOC(c2cccc(Br)c2)C1. The number of amides is 1. The van der Waals surface area contributed by atoms with Crippen LogP contribution < -0.4 is 0 Å². The molecule has 3 rings (SSSR count). The Morgan fingerprint density at radius 1 is 1.19 bits per heavy atom. The minimum atomic E-state index is -0.273. The molecular weight excluding hydrogens is 404 g/mol. The van der Waals surface area contributed by atoms with Crippen molar-refractivity contribution in [1.29, 1.82) is 0 Å². The summed E-state index contributed by atoms with van der Waals surface area (Å²) in [5, 5.41) is 0. The number of halogens is 1. The van der Waals surface area contributed by atoms with Crippen molar-refractivity contribution < 1.29 is 9.53 Å². The van der Waals surface area contributed by atoms with E-state index >= 15 is 0 Å². The summed E-state index contributed by atoms with van der Waals surface area (Å²) in [4.78, 5) is 17.5. The van der Waals surface area contributed by atoms with E-state index in [0.29, 0.717) is 13.2 Å². The molecule has 0 radical (unpaired) electrons. The summed E-state index contributed by atoms with van der Waals surface area (Å²) in [6.45, 7) is 7.57. The Bertz CT molecular complexity index is 749. The molecule has 1 heterocycles. The van der Waals surface area contributed by atoms with Crippen LogP contribution >= 0.6 is 15.9 Å². The first kappa shape index (κ1) is 20.1. The topological polar surface area (TPSA) is 32.8 Å². The minimum absolute atomic E-state index is 0.0352. The standard InChI is InChI=1S/C22H27BrN2O2/c1-3-24(4-2)22(26)21(17-9-6-5-7-10-17)25-13-14-27-20(16-25)18-11-8-12-19(23)15-18/h5-12,15,20-21H,3-4,13-14,16H2,1-2H3. The molecular formula is C22H27BrN2O2. The predicted octanol–water partition coefficient (Wildman–Crippen LogP) is 4.43. The van der Waals surface area contributed by atoms with E-state index in [2.05, 4.69) is 45.1 Å². The first-order valence-electron chi connectivity index (χ1n) is 9.58. The monoisotopic (exact) mass is 430 g/mol. The summed E-state index contributed by atoms with van der Waals surface area (Å²) in [5.74, 6) is 0.168. The number of ether oxygens (including phenoxy) is 1. The van der Waals surface area contributed by atoms with Gasteiger partial charge in [0.05, 0.1) is 12.7 Å². The summed E-state index contributed by atoms with van der Waals surface area (Å²) >= 11 is 3.54. The maximum absolute atomic E-state index is 13.3. The highest BCUT2D eigenvalue weighted by Gasteiger charge is 2.34. The summed E-state index contributed by atoms with van der Waals surface area (Å²) in [6.07, 6.45) is -0.0352. The number of carbonyl (C=O) groups is 1. The van der Waals surface area contributed by atoms with E-state index < -0.39 is 0 Å². The summed E-state index contributed by atoms with van der Waals surface area (Å²) in [6, 6.07) is 18.1. The van der Waals surface area contributed by atoms with E-state index in [0.717, 1.165) is 35.2 Å². The van der Waals surface area contributed by atoms with Gasteiger partial charge in [0.25, 0.3) is 0 Å². The highest BCUT2D eigenvalue weighted by Crippen LogP contribution is 2.31. The largest absolute Gasteiger partial charge is 0.371 e. The number of hydrogen-bond donors (Lipinski definition) is 0. The third-order valence-corrected chi connectivity index (χ3v) is 5.60. The molecule has 1 amide bonds. The quantitative estimate of drug-likeness (QED) is 0.679. The maximum Gasteiger partial charge on any atom is 0.244 e. The Kier molecular flexibility index (Phi) is 7.05. The van der Waals surface area contributed by atoms with E-state index in [-0.39, 0.29) is 18.1 Å². The fourth-order valence-electron chi connectivity index (χ4n) is 3.67. The molecule has 0 saturated carbocycles. The van der Waals surface area contributed by atoms with Gasteiger partial charge in [0.15, 0.2) is 0 Å². The summed E-state index contributed by atoms with van der Waals surface area (Å²) in [5.41, 5.74) is 2.18. The molecule has 0 N–H and O–H groups in total. The molecule has 1 aliphatic rings. The van der Waals surface area contributed by atoms with Gasteiger partial charge in [0.2, 0.25) is 5.91 Å². The average molecular weight is 431 g/mol. The molecule has 144 valence electrons. The van der Waals surface area contributed by atoms with Gasteiger partial charge in [0, 0.05) is 30.7 Å². The van der Waals surface area contributed by atoms with Crippen LogP contribution in [0.3, 0.4) is 0 Å². The van der Waals surface area contributed by atoms with E-state index in [4.69, 9.17) is 4.74 Å². The van der Waals surface area contributed by atoms with Gasteiger partial charge in [0.1, 0.15) is 6.04 Å². The highest BCUT2D eigenvalue weighted by atomic mass is 79.9. The molecule has 0 bridgehead atoms. The second-order valence-electron chi connectivity index (χ2n) is 6.73. The van der Waals surface area contributed by atoms with Gasteiger partial charge in [-0.3, -0.25) is 9.69 Å². The Morgan fingerprint density at radius 3 is 2.59 bits per heavy atom. The van der Waals surface area contributed by atoms with Gasteiger partial charge in [-0.25, -0.2) is 0 Å². The Morgan fingerprint density at radius 2 is 1.93 bits per heavy atom. The van der Waals surface area contributed by atoms with Gasteiger partial charge in [-0.15, -0.1) is 0 Å². The molecule has 0 aliphatic carbocycles. The average Bonchev–Trinajstić information content (AvgIpc) is 2.70. The Labute approximate surface area is 170 Å². The normalized spacial score (nSPS) is 18.9. The van der Waals surface area contributed by atoms with Crippen molar-refractivity contribution in [3.8, 4) is 0 Å². The van der Waals surface area contributed by atoms with Crippen molar-refractivity contribution >= 4 is 21.8 Å². The smallest absolute Gasteiger partial charge is 0.244 e. The zero-order valence-corrected chi connectivity index (χ0v) is 17.6. The van der Waals surface area contributed by atoms with Gasteiger partial charge in [-0.1, -0.05) is 58.4 Å². The van der Waals surface area contributed by atoms with Crippen molar-refractivity contribution in [1.82, 2.24) is 9.80 Å². The number of benzene rings is 2. The fraction of sp³-hybridized carbons (Fsp3) is 0.409. The number of likely N-dealkylation sites (N-methyl/N-ethyl adjacent to an activating group) is 1. The van der Waals surface area contributed by atoms with Crippen molar-refractivity contribution in [3.63, 3.8) is 0 Å². The lowest BCUT2D eigenvalue weighted by atomic mass is 10.0. The van der Waals surface area contributed by atoms with E-state index in [9.17, 15) is 4.79 Å². The lowest BCUT2D eigenvalue weighted by Crippen LogP contribution is -2.47. The van der Waals surface area contributed by atoms with Crippen LogP contribution in [0.5, 0.6) is 0 Å². The molecule has 4 nitrogen and oxygen atoms in total. The van der Waals surface area contributed by atoms with Crippen molar-refractivity contribution in [3.05, 3.63) is 70.2 Å². The lowest BCUT2D eigenvalue weighted by molar-refractivity contribution is -0.140. The first-order chi connectivity index (χ1) is 13.1. The molecule has 27 heavy (non-hydrogen) atoms. The van der Waals surface area contributed by atoms with Crippen molar-refractivity contribution in [2.24, 2.45) is 0 Å². The van der Waals surface area contributed by atoms with Crippen molar-refractivity contribution in [2.75, 3.05) is 32.8 Å². The van der Waals surface area contributed by atoms with Crippen LogP contribution in [0.2, 0.25) is 0 Å². The molecule has 5 heteroatoms. The van der Waals surface area contributed by atoms with Gasteiger partial charge < -0.3 is 9.64 Å². The van der Waals surface area contributed by atoms with Crippen LogP contribution in [0.15, 0.2) is 59.1 Å². The second kappa shape index (κ2) is 9.49. The van der Waals surface area contributed by atoms with Crippen molar-refractivity contribution in [2.45, 2.75) is 26.0 Å². The summed E-state index contributed by atoms with van der Waals surface area (Å²) < 4.78 is 7.08. The Balaban J connectivity index is 1.88. The lowest BCUT2D eigenvalue weighted by Gasteiger charge is -2.39. The molecule has 0 aromatic heterocycles. The minimum Gasteiger partial charge on any atom is -0.371 e. The fourth-order valence-corrected chi connectivity index (χ4v) is 4.08. The molecule has 1 aliphatic heterocycles. The van der Waals surface area contributed by atoms with Gasteiger partial charge in [-0.2, -0.15) is 0 Å². The number of hydrogen-bond acceptors (Lipinski definition) is 3. The first-order valence-corrected chi connectivity index (χ1v) is 10.4. The third kappa shape index (κ3) is 4.78. The zero-order chi connectivity index (χ0) is 19.2. The van der Waals surface area contributed by atoms with E-state index in [1.54, 1.807) is 0 Å². The summed E-state index contributed by atoms with van der Waals surface area (Å²) in [7, 11) is 0. The Hall–Kier alpha value is -1.69. The highest BCUT2D eigenvalue weighted by molar-refractivity contribution is 9.10. The molecule has 2 unspecified atom stereocenters. The number of rotatable bonds is 6. The molecule has 2 aromatic rings. The second-order valence-corrected chi connectivity index (χ2v) is 7.65. The van der Waals surface area contributed by atoms with Crippen LogP contribution in [0.1, 0.15) is 37.1 Å². The van der Waals surface area contributed by atoms with Gasteiger partial charge >= 0.3 is 0 Å². The van der Waals surface area contributed by atoms with E-state index in [1.807, 2.05) is 49.1 Å². The number of morpholine rings is 1. The third-order valence-electron chi connectivity index (χ3n) is 5.11. The molecule has 2 atom stereocenters. The number of nitrogens with zero attached hydrogens (tertiary/aromatic N) is 2. The van der Waals surface area contributed by atoms with Crippen LogP contribution in [-0.2, 0) is 9.53 Å². The number of carbonyl (C=O) groups excluding carboxylic acids is 1. The van der Waals surface area contributed by atoms with Crippen LogP contribution in [-0.4, -0.2) is 48.5 Å². The van der Waals surface area contributed by atoms with Gasteiger partial charge in [-0.05, 0) is 37.1 Å². The molecule has 0 spiro atoms. The van der Waals surface area contributed by atoms with Crippen LogP contribution in [0.4, 0.5) is 0 Å². The van der Waals surface area contributed by atoms with Crippen LogP contribution in [0, 0.1) is 0 Å². The molecule has 1 fully saturated rings.